The van der Waals surface area contributed by atoms with E-state index in [1.807, 2.05) is 6.07 Å². The number of amides is 2. The van der Waals surface area contributed by atoms with E-state index in [9.17, 15) is 19.5 Å². The SMILES string of the molecule is CC1(C(=O)O)CCCN(C(=O)c2cc(C(N)=O)n(-c3ccccc3)n2)C1. The number of carbonyl (C=O) groups excluding carboxylic acids is 2. The van der Waals surface area contributed by atoms with E-state index in [0.29, 0.717) is 25.1 Å². The number of nitrogens with two attached hydrogens (primary N) is 1. The Bertz CT molecular complexity index is 861. The number of hydrogen-bond acceptors (Lipinski definition) is 4. The van der Waals surface area contributed by atoms with E-state index in [2.05, 4.69) is 5.10 Å². The van der Waals surface area contributed by atoms with Gasteiger partial charge in [0.15, 0.2) is 5.69 Å². The number of aromatic nitrogens is 2. The molecule has 26 heavy (non-hydrogen) atoms. The molecule has 1 atom stereocenters. The zero-order chi connectivity index (χ0) is 18.9. The van der Waals surface area contributed by atoms with E-state index in [4.69, 9.17) is 5.73 Å². The lowest BCUT2D eigenvalue weighted by atomic mass is 9.82. The number of rotatable bonds is 4. The molecule has 8 nitrogen and oxygen atoms in total. The lowest BCUT2D eigenvalue weighted by Crippen LogP contribution is -2.48. The zero-order valence-corrected chi connectivity index (χ0v) is 14.4. The van der Waals surface area contributed by atoms with E-state index >= 15 is 0 Å². The summed E-state index contributed by atoms with van der Waals surface area (Å²) in [6.45, 7) is 2.18. The second-order valence-corrected chi connectivity index (χ2v) is 6.72. The first-order valence-electron chi connectivity index (χ1n) is 8.30. The Morgan fingerprint density at radius 3 is 2.54 bits per heavy atom. The van der Waals surface area contributed by atoms with Gasteiger partial charge in [0.25, 0.3) is 11.8 Å². The molecule has 2 heterocycles. The number of carbonyl (C=O) groups is 3. The highest BCUT2D eigenvalue weighted by Crippen LogP contribution is 2.30. The van der Waals surface area contributed by atoms with Crippen molar-refractivity contribution >= 4 is 17.8 Å². The standard InChI is InChI=1S/C18H20N4O4/c1-18(17(25)26)8-5-9-21(11-18)16(24)13-10-14(15(19)23)22(20-13)12-6-3-2-4-7-12/h2-4,6-7,10H,5,8-9,11H2,1H3,(H2,19,23)(H,25,26). The summed E-state index contributed by atoms with van der Waals surface area (Å²) >= 11 is 0. The topological polar surface area (TPSA) is 119 Å². The Kier molecular flexibility index (Phi) is 4.50. The van der Waals surface area contributed by atoms with Gasteiger partial charge in [-0.3, -0.25) is 14.4 Å². The summed E-state index contributed by atoms with van der Waals surface area (Å²) in [6.07, 6.45) is 1.10. The van der Waals surface area contributed by atoms with Crippen molar-refractivity contribution in [2.45, 2.75) is 19.8 Å². The quantitative estimate of drug-likeness (QED) is 0.856. The van der Waals surface area contributed by atoms with Gasteiger partial charge >= 0.3 is 5.97 Å². The first-order chi connectivity index (χ1) is 12.3. The summed E-state index contributed by atoms with van der Waals surface area (Å²) in [5, 5.41) is 13.7. The molecule has 0 aliphatic carbocycles. The van der Waals surface area contributed by atoms with Crippen molar-refractivity contribution in [3.8, 4) is 5.69 Å². The summed E-state index contributed by atoms with van der Waals surface area (Å²) in [5.74, 6) is -2.04. The second-order valence-electron chi connectivity index (χ2n) is 6.72. The van der Waals surface area contributed by atoms with Gasteiger partial charge < -0.3 is 15.7 Å². The monoisotopic (exact) mass is 356 g/mol. The molecule has 1 aromatic heterocycles. The zero-order valence-electron chi connectivity index (χ0n) is 14.4. The Hall–Kier alpha value is -3.16. The van der Waals surface area contributed by atoms with Crippen LogP contribution in [0.4, 0.5) is 0 Å². The van der Waals surface area contributed by atoms with E-state index in [1.54, 1.807) is 31.2 Å². The van der Waals surface area contributed by atoms with Crippen molar-refractivity contribution in [2.75, 3.05) is 13.1 Å². The van der Waals surface area contributed by atoms with Gasteiger partial charge in [-0.2, -0.15) is 5.10 Å². The summed E-state index contributed by atoms with van der Waals surface area (Å²) in [5.41, 5.74) is 5.21. The molecule has 1 unspecified atom stereocenters. The second kappa shape index (κ2) is 6.62. The van der Waals surface area contributed by atoms with Crippen LogP contribution in [-0.4, -0.2) is 50.7 Å². The number of primary amides is 1. The maximum atomic E-state index is 12.8. The Morgan fingerprint density at radius 2 is 1.92 bits per heavy atom. The molecule has 3 N–H and O–H groups in total. The van der Waals surface area contributed by atoms with Crippen LogP contribution in [0.2, 0.25) is 0 Å². The number of aliphatic carboxylic acids is 1. The first-order valence-corrected chi connectivity index (χ1v) is 8.30. The Morgan fingerprint density at radius 1 is 1.23 bits per heavy atom. The molecule has 1 aromatic carbocycles. The van der Waals surface area contributed by atoms with Crippen molar-refractivity contribution in [1.82, 2.24) is 14.7 Å². The number of carboxylic acid groups (broad SMARTS) is 1. The predicted molar refractivity (Wildman–Crippen MR) is 93.0 cm³/mol. The third-order valence-electron chi connectivity index (χ3n) is 4.68. The average molecular weight is 356 g/mol. The van der Waals surface area contributed by atoms with Crippen molar-refractivity contribution in [2.24, 2.45) is 11.1 Å². The minimum Gasteiger partial charge on any atom is -0.481 e. The van der Waals surface area contributed by atoms with Gasteiger partial charge in [-0.1, -0.05) is 18.2 Å². The van der Waals surface area contributed by atoms with Crippen molar-refractivity contribution in [3.63, 3.8) is 0 Å². The lowest BCUT2D eigenvalue weighted by Gasteiger charge is -2.37. The predicted octanol–water partition coefficient (Wildman–Crippen LogP) is 1.30. The number of piperidine rings is 1. The molecule has 0 spiro atoms. The number of hydrogen-bond donors (Lipinski definition) is 2. The highest BCUT2D eigenvalue weighted by atomic mass is 16.4. The highest BCUT2D eigenvalue weighted by Gasteiger charge is 2.40. The molecule has 2 amide bonds. The molecule has 0 saturated carbocycles. The molecule has 136 valence electrons. The number of para-hydroxylation sites is 1. The summed E-state index contributed by atoms with van der Waals surface area (Å²) in [6, 6.07) is 10.2. The maximum Gasteiger partial charge on any atom is 0.311 e. The molecule has 1 aliphatic rings. The highest BCUT2D eigenvalue weighted by molar-refractivity contribution is 5.98. The number of carboxylic acids is 1. The molecule has 0 radical (unpaired) electrons. The summed E-state index contributed by atoms with van der Waals surface area (Å²) in [7, 11) is 0. The molecule has 2 aromatic rings. The van der Waals surface area contributed by atoms with Gasteiger partial charge in [-0.15, -0.1) is 0 Å². The Labute approximate surface area is 150 Å². The van der Waals surface area contributed by atoms with Crippen LogP contribution in [0.1, 0.15) is 40.7 Å². The van der Waals surface area contributed by atoms with Gasteiger partial charge in [0.05, 0.1) is 11.1 Å². The third-order valence-corrected chi connectivity index (χ3v) is 4.68. The third kappa shape index (κ3) is 3.17. The fourth-order valence-electron chi connectivity index (χ4n) is 3.18. The van der Waals surface area contributed by atoms with Crippen LogP contribution in [0.25, 0.3) is 5.69 Å². The van der Waals surface area contributed by atoms with Crippen LogP contribution in [-0.2, 0) is 4.79 Å². The fraction of sp³-hybridized carbons (Fsp3) is 0.333. The van der Waals surface area contributed by atoms with Crippen molar-refractivity contribution in [3.05, 3.63) is 47.8 Å². The van der Waals surface area contributed by atoms with Crippen LogP contribution >= 0.6 is 0 Å². The van der Waals surface area contributed by atoms with E-state index in [-0.39, 0.29) is 17.9 Å². The fourth-order valence-corrected chi connectivity index (χ4v) is 3.18. The summed E-state index contributed by atoms with van der Waals surface area (Å²) in [4.78, 5) is 37.6. The number of nitrogens with zero attached hydrogens (tertiary/aromatic N) is 3. The normalized spacial score (nSPS) is 20.0. The molecule has 8 heteroatoms. The summed E-state index contributed by atoms with van der Waals surface area (Å²) < 4.78 is 1.33. The smallest absolute Gasteiger partial charge is 0.311 e. The molecule has 1 aliphatic heterocycles. The average Bonchev–Trinajstić information content (AvgIpc) is 3.07. The van der Waals surface area contributed by atoms with Crippen LogP contribution in [0, 0.1) is 5.41 Å². The largest absolute Gasteiger partial charge is 0.481 e. The molecule has 3 rings (SSSR count). The van der Waals surface area contributed by atoms with Gasteiger partial charge in [0.2, 0.25) is 0 Å². The maximum absolute atomic E-state index is 12.8. The lowest BCUT2D eigenvalue weighted by molar-refractivity contribution is -0.150. The minimum atomic E-state index is -0.984. The number of benzene rings is 1. The minimum absolute atomic E-state index is 0.0669. The van der Waals surface area contributed by atoms with E-state index in [1.165, 1.54) is 15.6 Å². The molecular formula is C18H20N4O4. The van der Waals surface area contributed by atoms with Crippen molar-refractivity contribution < 1.29 is 19.5 Å². The van der Waals surface area contributed by atoms with Crippen LogP contribution in [0.15, 0.2) is 36.4 Å². The first kappa shape index (κ1) is 17.7. The van der Waals surface area contributed by atoms with Gasteiger partial charge in [-0.05, 0) is 31.9 Å². The Balaban J connectivity index is 1.93. The molecule has 1 saturated heterocycles. The molecular weight excluding hydrogens is 336 g/mol. The van der Waals surface area contributed by atoms with Gasteiger partial charge in [0, 0.05) is 19.2 Å². The van der Waals surface area contributed by atoms with Crippen molar-refractivity contribution in [1.29, 1.82) is 0 Å². The van der Waals surface area contributed by atoms with E-state index in [0.717, 1.165) is 0 Å². The van der Waals surface area contributed by atoms with Gasteiger partial charge in [0.1, 0.15) is 5.69 Å². The van der Waals surface area contributed by atoms with Crippen LogP contribution in [0.3, 0.4) is 0 Å². The van der Waals surface area contributed by atoms with E-state index < -0.39 is 23.2 Å². The van der Waals surface area contributed by atoms with Gasteiger partial charge in [-0.25, -0.2) is 4.68 Å². The molecule has 1 fully saturated rings. The number of likely N-dealkylation sites (tertiary alicyclic amines) is 1. The molecule has 0 bridgehead atoms. The van der Waals surface area contributed by atoms with Crippen LogP contribution < -0.4 is 5.73 Å². The van der Waals surface area contributed by atoms with Crippen LogP contribution in [0.5, 0.6) is 0 Å².